The maximum Gasteiger partial charge on any atom is 0.320 e. The van der Waals surface area contributed by atoms with Crippen LogP contribution in [0.1, 0.15) is 5.69 Å². The number of urea groups is 1. The Bertz CT molecular complexity index is 783. The smallest absolute Gasteiger partial charge is 0.320 e. The molecule has 1 aromatic carbocycles. The lowest BCUT2D eigenvalue weighted by atomic mass is 10.1. The van der Waals surface area contributed by atoms with Crippen LogP contribution < -0.4 is 10.6 Å². The first-order valence-corrected chi connectivity index (χ1v) is 7.26. The van der Waals surface area contributed by atoms with E-state index in [4.69, 9.17) is 0 Å². The number of anilines is 1. The summed E-state index contributed by atoms with van der Waals surface area (Å²) in [6.45, 7) is 0.366. The maximum absolute atomic E-state index is 11.9. The van der Waals surface area contributed by atoms with Crippen LogP contribution in [-0.2, 0) is 13.6 Å². The van der Waals surface area contributed by atoms with Gasteiger partial charge in [-0.05, 0) is 17.7 Å². The molecule has 2 N–H and O–H groups in total. The molecule has 0 aliphatic carbocycles. The molecule has 0 unspecified atom stereocenters. The molecule has 2 heterocycles. The van der Waals surface area contributed by atoms with E-state index < -0.39 is 0 Å². The lowest BCUT2D eigenvalue weighted by molar-refractivity contribution is 0.251. The van der Waals surface area contributed by atoms with Gasteiger partial charge < -0.3 is 5.32 Å². The molecule has 0 spiro atoms. The van der Waals surface area contributed by atoms with E-state index in [0.29, 0.717) is 12.4 Å². The second kappa shape index (κ2) is 6.74. The van der Waals surface area contributed by atoms with Gasteiger partial charge >= 0.3 is 6.03 Å². The first kappa shape index (κ1) is 14.8. The highest BCUT2D eigenvalue weighted by Gasteiger charge is 2.09. The van der Waals surface area contributed by atoms with E-state index in [0.717, 1.165) is 17.0 Å². The molecule has 0 saturated heterocycles. The normalized spacial score (nSPS) is 10.3. The number of hydrogen-bond donors (Lipinski definition) is 2. The van der Waals surface area contributed by atoms with Crippen LogP contribution in [0.4, 0.5) is 10.6 Å². The molecule has 6 heteroatoms. The summed E-state index contributed by atoms with van der Waals surface area (Å²) in [4.78, 5) is 16.1. The summed E-state index contributed by atoms with van der Waals surface area (Å²) in [6, 6.07) is 17.0. The fourth-order valence-electron chi connectivity index (χ4n) is 2.24. The van der Waals surface area contributed by atoms with Gasteiger partial charge in [0.15, 0.2) is 5.82 Å². The lowest BCUT2D eigenvalue weighted by Gasteiger charge is -2.04. The molecule has 0 atom stereocenters. The molecular formula is C17H17N5O. The number of carbonyl (C=O) groups excluding carboxylic acids is 1. The summed E-state index contributed by atoms with van der Waals surface area (Å²) in [7, 11) is 1.85. The van der Waals surface area contributed by atoms with Gasteiger partial charge in [-0.25, -0.2) is 4.79 Å². The van der Waals surface area contributed by atoms with E-state index in [-0.39, 0.29) is 6.03 Å². The van der Waals surface area contributed by atoms with Crippen molar-refractivity contribution in [2.45, 2.75) is 6.54 Å². The SMILES string of the molecule is Cn1nc(NC(=O)NCc2ccccn2)cc1-c1ccccc1. The van der Waals surface area contributed by atoms with E-state index in [2.05, 4.69) is 20.7 Å². The van der Waals surface area contributed by atoms with Gasteiger partial charge in [-0.1, -0.05) is 36.4 Å². The van der Waals surface area contributed by atoms with E-state index in [1.165, 1.54) is 0 Å². The zero-order chi connectivity index (χ0) is 16.1. The highest BCUT2D eigenvalue weighted by Crippen LogP contribution is 2.21. The highest BCUT2D eigenvalue weighted by atomic mass is 16.2. The Morgan fingerprint density at radius 1 is 1.13 bits per heavy atom. The van der Waals surface area contributed by atoms with Gasteiger partial charge in [-0.15, -0.1) is 0 Å². The second-order valence-corrected chi connectivity index (χ2v) is 5.03. The lowest BCUT2D eigenvalue weighted by Crippen LogP contribution is -2.28. The van der Waals surface area contributed by atoms with Gasteiger partial charge in [0.25, 0.3) is 0 Å². The Kier molecular flexibility index (Phi) is 4.33. The van der Waals surface area contributed by atoms with Gasteiger partial charge in [-0.3, -0.25) is 15.0 Å². The zero-order valence-electron chi connectivity index (χ0n) is 12.7. The van der Waals surface area contributed by atoms with Crippen molar-refractivity contribution < 1.29 is 4.79 Å². The van der Waals surface area contributed by atoms with Crippen LogP contribution >= 0.6 is 0 Å². The Morgan fingerprint density at radius 2 is 1.91 bits per heavy atom. The first-order chi connectivity index (χ1) is 11.2. The summed E-state index contributed by atoms with van der Waals surface area (Å²) in [5, 5.41) is 9.80. The van der Waals surface area contributed by atoms with E-state index in [1.54, 1.807) is 10.9 Å². The van der Waals surface area contributed by atoms with Crippen molar-refractivity contribution in [1.82, 2.24) is 20.1 Å². The van der Waals surface area contributed by atoms with Crippen LogP contribution in [0.3, 0.4) is 0 Å². The standard InChI is InChI=1S/C17H17N5O/c1-22-15(13-7-3-2-4-8-13)11-16(21-22)20-17(23)19-12-14-9-5-6-10-18-14/h2-11H,12H2,1H3,(H2,19,20,21,23). The Labute approximate surface area is 134 Å². The third-order valence-electron chi connectivity index (χ3n) is 3.35. The van der Waals surface area contributed by atoms with Crippen LogP contribution in [0.25, 0.3) is 11.3 Å². The minimum absolute atomic E-state index is 0.312. The van der Waals surface area contributed by atoms with Crippen molar-refractivity contribution in [2.75, 3.05) is 5.32 Å². The predicted molar refractivity (Wildman–Crippen MR) is 88.7 cm³/mol. The molecule has 6 nitrogen and oxygen atoms in total. The molecule has 0 fully saturated rings. The molecule has 23 heavy (non-hydrogen) atoms. The minimum atomic E-state index is -0.312. The highest BCUT2D eigenvalue weighted by molar-refractivity contribution is 5.88. The third-order valence-corrected chi connectivity index (χ3v) is 3.35. The van der Waals surface area contributed by atoms with E-state index in [1.807, 2.05) is 61.6 Å². The van der Waals surface area contributed by atoms with Gasteiger partial charge in [-0.2, -0.15) is 5.10 Å². The molecule has 0 bridgehead atoms. The summed E-state index contributed by atoms with van der Waals surface area (Å²) in [6.07, 6.45) is 1.69. The average Bonchev–Trinajstić information content (AvgIpc) is 2.95. The molecule has 3 aromatic rings. The van der Waals surface area contributed by atoms with Crippen LogP contribution in [0.5, 0.6) is 0 Å². The Balaban J connectivity index is 1.63. The summed E-state index contributed by atoms with van der Waals surface area (Å²) in [5.74, 6) is 0.505. The molecule has 0 radical (unpaired) electrons. The Hall–Kier alpha value is -3.15. The maximum atomic E-state index is 11.9. The quantitative estimate of drug-likeness (QED) is 0.778. The van der Waals surface area contributed by atoms with Crippen LogP contribution in [-0.4, -0.2) is 20.8 Å². The first-order valence-electron chi connectivity index (χ1n) is 7.26. The van der Waals surface area contributed by atoms with E-state index >= 15 is 0 Å². The number of carbonyl (C=O) groups is 1. The van der Waals surface area contributed by atoms with Crippen molar-refractivity contribution >= 4 is 11.8 Å². The molecule has 2 aromatic heterocycles. The minimum Gasteiger partial charge on any atom is -0.332 e. The van der Waals surface area contributed by atoms with Gasteiger partial charge in [0, 0.05) is 19.3 Å². The number of aromatic nitrogens is 3. The molecule has 3 rings (SSSR count). The molecule has 2 amide bonds. The van der Waals surface area contributed by atoms with Gasteiger partial charge in [0.2, 0.25) is 0 Å². The summed E-state index contributed by atoms with van der Waals surface area (Å²) in [5.41, 5.74) is 2.78. The van der Waals surface area contributed by atoms with Crippen LogP contribution in [0.2, 0.25) is 0 Å². The monoisotopic (exact) mass is 307 g/mol. The van der Waals surface area contributed by atoms with E-state index in [9.17, 15) is 4.79 Å². The number of benzene rings is 1. The Morgan fingerprint density at radius 3 is 2.65 bits per heavy atom. The molecule has 0 aliphatic heterocycles. The van der Waals surface area contributed by atoms with Crippen molar-refractivity contribution in [3.63, 3.8) is 0 Å². The third kappa shape index (κ3) is 3.74. The number of nitrogens with one attached hydrogen (secondary N) is 2. The number of aryl methyl sites for hydroxylation is 1. The van der Waals surface area contributed by atoms with Crippen molar-refractivity contribution in [2.24, 2.45) is 7.05 Å². The van der Waals surface area contributed by atoms with Crippen molar-refractivity contribution in [3.8, 4) is 11.3 Å². The number of hydrogen-bond acceptors (Lipinski definition) is 3. The largest absolute Gasteiger partial charge is 0.332 e. The topological polar surface area (TPSA) is 71.8 Å². The number of rotatable bonds is 4. The molecule has 0 aliphatic rings. The van der Waals surface area contributed by atoms with Crippen LogP contribution in [0, 0.1) is 0 Å². The number of amides is 2. The molecule has 116 valence electrons. The second-order valence-electron chi connectivity index (χ2n) is 5.03. The molecule has 0 saturated carbocycles. The molecular weight excluding hydrogens is 290 g/mol. The predicted octanol–water partition coefficient (Wildman–Crippen LogP) is 2.80. The fraction of sp³-hybridized carbons (Fsp3) is 0.118. The number of nitrogens with zero attached hydrogens (tertiary/aromatic N) is 3. The van der Waals surface area contributed by atoms with Crippen LogP contribution in [0.15, 0.2) is 60.8 Å². The fourth-order valence-corrected chi connectivity index (χ4v) is 2.24. The zero-order valence-corrected chi connectivity index (χ0v) is 12.7. The van der Waals surface area contributed by atoms with Crippen molar-refractivity contribution in [1.29, 1.82) is 0 Å². The van der Waals surface area contributed by atoms with Crippen molar-refractivity contribution in [3.05, 3.63) is 66.5 Å². The summed E-state index contributed by atoms with van der Waals surface area (Å²) >= 11 is 0. The van der Waals surface area contributed by atoms with Gasteiger partial charge in [0.05, 0.1) is 17.9 Å². The summed E-state index contributed by atoms with van der Waals surface area (Å²) < 4.78 is 1.74. The average molecular weight is 307 g/mol. The number of pyridine rings is 1. The van der Waals surface area contributed by atoms with Gasteiger partial charge in [0.1, 0.15) is 0 Å².